The van der Waals surface area contributed by atoms with E-state index in [0.29, 0.717) is 30.5 Å². The van der Waals surface area contributed by atoms with E-state index < -0.39 is 199 Å². The minimum absolute atomic E-state index is 0.0166. The van der Waals surface area contributed by atoms with Gasteiger partial charge in [0, 0.05) is 44.2 Å². The summed E-state index contributed by atoms with van der Waals surface area (Å²) in [7, 11) is 0. The number of aliphatic hydroxyl groups excluding tert-OH is 1. The highest BCUT2D eigenvalue weighted by Gasteiger charge is 2.42. The first-order valence-electron chi connectivity index (χ1n) is 37.9. The molecule has 0 unspecified atom stereocenters. The summed E-state index contributed by atoms with van der Waals surface area (Å²) in [6.45, 7) is 23.6. The van der Waals surface area contributed by atoms with Gasteiger partial charge in [-0.05, 0) is 117 Å². The number of likely N-dealkylation sites (tertiary alicyclic amines) is 1. The summed E-state index contributed by atoms with van der Waals surface area (Å²) >= 11 is 0. The Morgan fingerprint density at radius 3 is 1.41 bits per heavy atom. The number of carbonyl (C=O) groups excluding carboxylic acids is 13. The van der Waals surface area contributed by atoms with Gasteiger partial charge < -0.3 is 107 Å². The molecule has 0 radical (unpaired) electrons. The molecule has 1 saturated heterocycles. The van der Waals surface area contributed by atoms with E-state index in [2.05, 4.69) is 73.4 Å². The van der Waals surface area contributed by atoms with Crippen molar-refractivity contribution in [3.8, 4) is 5.75 Å². The lowest BCUT2D eigenvalue weighted by atomic mass is 9.96. The van der Waals surface area contributed by atoms with Crippen LogP contribution in [0.4, 0.5) is 0 Å². The number of imidazole rings is 1. The van der Waals surface area contributed by atoms with Gasteiger partial charge in [-0.15, -0.1) is 0 Å². The predicted molar refractivity (Wildman–Crippen MR) is 408 cm³/mol. The molecular formula is C74H123N19O17. The number of guanidine groups is 1. The molecule has 1 fully saturated rings. The number of hydrogen-bond acceptors (Lipinski definition) is 19. The number of carbonyl (C=O) groups is 14. The molecule has 0 saturated carbocycles. The van der Waals surface area contributed by atoms with Gasteiger partial charge in [0.05, 0.1) is 19.0 Å². The highest BCUT2D eigenvalue weighted by atomic mass is 16.4. The Bertz CT molecular complexity index is 3420. The Kier molecular flexibility index (Phi) is 39.8. The maximum Gasteiger partial charge on any atom is 0.328 e. The number of aromatic nitrogens is 2. The smallest absolute Gasteiger partial charge is 0.328 e. The Morgan fingerprint density at radius 2 is 0.955 bits per heavy atom. The third kappa shape index (κ3) is 32.3. The molecule has 1 aromatic carbocycles. The number of phenols is 1. The van der Waals surface area contributed by atoms with E-state index in [1.807, 2.05) is 13.8 Å². The molecule has 110 heavy (non-hydrogen) atoms. The van der Waals surface area contributed by atoms with Crippen LogP contribution in [0.25, 0.3) is 0 Å². The quantitative estimate of drug-likeness (QED) is 0.0203. The summed E-state index contributed by atoms with van der Waals surface area (Å²) in [6.07, 6.45) is 2.90. The minimum atomic E-state index is -1.67. The Hall–Kier alpha value is -10.00. The fraction of sp³-hybridized carbons (Fsp3) is 0.676. The van der Waals surface area contributed by atoms with Crippen molar-refractivity contribution in [2.45, 2.75) is 259 Å². The first-order valence-corrected chi connectivity index (χ1v) is 37.9. The van der Waals surface area contributed by atoms with Gasteiger partial charge in [0.2, 0.25) is 76.8 Å². The molecule has 616 valence electrons. The van der Waals surface area contributed by atoms with Crippen molar-refractivity contribution in [3.63, 3.8) is 0 Å². The molecule has 3 rings (SSSR count). The lowest BCUT2D eigenvalue weighted by Gasteiger charge is -2.31. The lowest BCUT2D eigenvalue weighted by molar-refractivity contribution is -0.143. The van der Waals surface area contributed by atoms with E-state index in [4.69, 9.17) is 22.9 Å². The number of hydrogen-bond donors (Lipinski definition) is 19. The normalized spacial score (nSPS) is 16.4. The average molecular weight is 1550 g/mol. The van der Waals surface area contributed by atoms with E-state index in [-0.39, 0.29) is 99.8 Å². The lowest BCUT2D eigenvalue weighted by Crippen LogP contribution is -2.62. The van der Waals surface area contributed by atoms with Crippen LogP contribution in [0.3, 0.4) is 0 Å². The Balaban J connectivity index is 2.02. The summed E-state index contributed by atoms with van der Waals surface area (Å²) in [5.74, 6) is -15.2. The van der Waals surface area contributed by atoms with Crippen molar-refractivity contribution in [1.82, 2.24) is 73.4 Å². The van der Waals surface area contributed by atoms with Gasteiger partial charge in [-0.2, -0.15) is 0 Å². The number of aliphatic carboxylic acids is 1. The fourth-order valence-electron chi connectivity index (χ4n) is 12.3. The van der Waals surface area contributed by atoms with E-state index in [1.165, 1.54) is 41.7 Å². The van der Waals surface area contributed by atoms with Crippen molar-refractivity contribution in [2.24, 2.45) is 69.4 Å². The molecule has 13 amide bonds. The Labute approximate surface area is 643 Å². The van der Waals surface area contributed by atoms with Gasteiger partial charge in [0.1, 0.15) is 78.3 Å². The molecule has 2 aromatic rings. The van der Waals surface area contributed by atoms with Gasteiger partial charge >= 0.3 is 5.97 Å². The standard InChI is InChI=1S/C74H123N19O17/c1-15-43(14)60(92-67(103)52(31-40(8)9)85-65(101)54(33-45-34-79-36-81-45)87-68(104)56-19-17-27-93(56)72(108)47(75)28-37(2)3)71(107)83-49(24-25-57(76)96)61(97)86-53(32-44-20-22-46(95)23-21-44)64(100)82-48(18-16-26-80-74(77)78)62(98)90-58(41(10)11)69(105)88-50(29-38(4)5)63(99)84-51(30-39(6)7)66(102)91-59(42(12)13)70(106)89-55(35-94)73(109)110/h20-23,34,36-43,47-56,58-60,94-95H,15-19,24-33,35,75H2,1-14H3,(H2,76,96)(H,79,81)(H,82,100)(H,83,107)(H,84,99)(H,85,101)(H,86,97)(H,87,104)(H,88,105)(H,89,106)(H,90,98)(H,91,102)(H,92,103)(H,109,110)(H4,77,78,80)/t43-,47-,48-,49-,50-,51-,52-,53-,54-,55-,56-,58-,59-,60-/m0/s1. The molecule has 1 aromatic heterocycles. The van der Waals surface area contributed by atoms with Crippen molar-refractivity contribution >= 4 is 88.7 Å². The average Bonchev–Trinajstić information content (AvgIpc) is 1.07. The van der Waals surface area contributed by atoms with Gasteiger partial charge in [0.25, 0.3) is 0 Å². The first kappa shape index (κ1) is 94.2. The number of carboxylic acids is 1. The number of carboxylic acid groups (broad SMARTS) is 1. The van der Waals surface area contributed by atoms with Crippen LogP contribution in [0.15, 0.2) is 41.8 Å². The number of nitrogens with zero attached hydrogens (tertiary/aromatic N) is 3. The SMILES string of the molecule is CC[C@H](C)[C@H](NC(=O)[C@H](CC(C)C)NC(=O)[C@H](Cc1cnc[nH]1)NC(=O)[C@@H]1CCCN1C(=O)[C@@H](N)CC(C)C)C(=O)N[C@@H](CCC(N)=O)C(=O)N[C@@H](Cc1ccc(O)cc1)C(=O)N[C@@H](CCCN=C(N)N)C(=O)N[C@H](C(=O)N[C@@H](CC(C)C)C(=O)N[C@@H](CC(C)C)C(=O)N[C@H](C(=O)N[C@@H](CO)C(=O)O)C(C)C)C(C)C. The Morgan fingerprint density at radius 1 is 0.536 bits per heavy atom. The highest BCUT2D eigenvalue weighted by Crippen LogP contribution is 2.22. The third-order valence-corrected chi connectivity index (χ3v) is 18.5. The number of nitrogens with two attached hydrogens (primary N) is 4. The van der Waals surface area contributed by atoms with E-state index in [1.54, 1.807) is 83.1 Å². The maximum absolute atomic E-state index is 15.0. The molecular weight excluding hydrogens is 1430 g/mol. The zero-order valence-corrected chi connectivity index (χ0v) is 66.0. The number of nitrogens with one attached hydrogen (secondary N) is 12. The summed E-state index contributed by atoms with van der Waals surface area (Å²) in [6, 6.07) is -12.1. The van der Waals surface area contributed by atoms with Gasteiger partial charge in [-0.1, -0.05) is 115 Å². The van der Waals surface area contributed by atoms with Crippen LogP contribution >= 0.6 is 0 Å². The number of aromatic hydroxyl groups is 1. The van der Waals surface area contributed by atoms with Crippen molar-refractivity contribution in [2.75, 3.05) is 19.7 Å². The van der Waals surface area contributed by atoms with Crippen LogP contribution in [-0.4, -0.2) is 217 Å². The third-order valence-electron chi connectivity index (χ3n) is 18.5. The van der Waals surface area contributed by atoms with Gasteiger partial charge in [0.15, 0.2) is 5.96 Å². The number of phenolic OH excluding ortho intramolecular Hbond substituents is 1. The number of benzene rings is 1. The zero-order chi connectivity index (χ0) is 83.0. The van der Waals surface area contributed by atoms with E-state index >= 15 is 0 Å². The van der Waals surface area contributed by atoms with Crippen LogP contribution in [0.1, 0.15) is 179 Å². The molecule has 36 nitrogen and oxygen atoms in total. The maximum atomic E-state index is 15.0. The van der Waals surface area contributed by atoms with Crippen LogP contribution in [0, 0.1) is 41.4 Å². The summed E-state index contributed by atoms with van der Waals surface area (Å²) < 4.78 is 0. The topological polar surface area (TPSA) is 580 Å². The molecule has 23 N–H and O–H groups in total. The second-order valence-corrected chi connectivity index (χ2v) is 30.8. The molecule has 0 spiro atoms. The number of H-pyrrole nitrogens is 1. The summed E-state index contributed by atoms with van der Waals surface area (Å²) in [4.78, 5) is 209. The largest absolute Gasteiger partial charge is 0.508 e. The number of amides is 13. The second-order valence-electron chi connectivity index (χ2n) is 30.8. The van der Waals surface area contributed by atoms with Crippen LogP contribution in [0.5, 0.6) is 5.75 Å². The minimum Gasteiger partial charge on any atom is -0.508 e. The van der Waals surface area contributed by atoms with Crippen LogP contribution < -0.4 is 81.4 Å². The molecule has 14 atom stereocenters. The first-order chi connectivity index (χ1) is 51.6. The highest BCUT2D eigenvalue weighted by molar-refractivity contribution is 6.00. The van der Waals surface area contributed by atoms with Crippen molar-refractivity contribution in [1.29, 1.82) is 0 Å². The number of aromatic amines is 1. The van der Waals surface area contributed by atoms with Crippen LogP contribution in [0.2, 0.25) is 0 Å². The van der Waals surface area contributed by atoms with Crippen LogP contribution in [-0.2, 0) is 80.0 Å². The summed E-state index contributed by atoms with van der Waals surface area (Å²) in [5.41, 5.74) is 24.0. The second kappa shape index (κ2) is 46.5. The number of rotatable bonds is 48. The molecule has 36 heteroatoms. The van der Waals surface area contributed by atoms with E-state index in [0.717, 1.165) is 0 Å². The van der Waals surface area contributed by atoms with Gasteiger partial charge in [-0.3, -0.25) is 67.3 Å². The molecule has 0 aliphatic carbocycles. The number of aliphatic imine (C=N–C) groups is 1. The van der Waals surface area contributed by atoms with Gasteiger partial charge in [-0.25, -0.2) is 9.78 Å². The zero-order valence-electron chi connectivity index (χ0n) is 66.0. The fourth-order valence-corrected chi connectivity index (χ4v) is 12.3. The number of primary amides is 1. The predicted octanol–water partition coefficient (Wildman–Crippen LogP) is -1.51. The van der Waals surface area contributed by atoms with Crippen molar-refractivity contribution < 1.29 is 82.4 Å². The molecule has 1 aliphatic rings. The molecule has 2 heterocycles. The van der Waals surface area contributed by atoms with Crippen molar-refractivity contribution in [3.05, 3.63) is 48.0 Å². The molecule has 1 aliphatic heterocycles. The number of aliphatic hydroxyl groups is 1. The summed E-state index contributed by atoms with van der Waals surface area (Å²) in [5, 5.41) is 58.5. The monoisotopic (exact) mass is 1550 g/mol. The molecule has 0 bridgehead atoms. The van der Waals surface area contributed by atoms with E-state index in [9.17, 15) is 82.4 Å².